The second-order valence-electron chi connectivity index (χ2n) is 10.3. The van der Waals surface area contributed by atoms with E-state index in [1.54, 1.807) is 0 Å². The molecule has 0 spiro atoms. The first-order valence-electron chi connectivity index (χ1n) is 11.3. The molecule has 1 saturated carbocycles. The zero-order chi connectivity index (χ0) is 21.1. The van der Waals surface area contributed by atoms with Crippen molar-refractivity contribution in [2.45, 2.75) is 65.0 Å². The largest absolute Gasteiger partial charge is 0.407 e. The van der Waals surface area contributed by atoms with Crippen molar-refractivity contribution in [3.05, 3.63) is 60.7 Å². The lowest BCUT2D eigenvalue weighted by atomic mass is 9.99. The van der Waals surface area contributed by atoms with Gasteiger partial charge in [0.15, 0.2) is 0 Å². The van der Waals surface area contributed by atoms with Crippen LogP contribution in [0.3, 0.4) is 0 Å². The van der Waals surface area contributed by atoms with E-state index >= 15 is 0 Å². The van der Waals surface area contributed by atoms with E-state index in [1.807, 2.05) is 0 Å². The van der Waals surface area contributed by atoms with Crippen LogP contribution in [0.5, 0.6) is 0 Å². The Kier molecular flexibility index (Phi) is 7.03. The number of benzene rings is 2. The van der Waals surface area contributed by atoms with Crippen LogP contribution in [-0.2, 0) is 4.43 Å². The van der Waals surface area contributed by atoms with Gasteiger partial charge < -0.3 is 10.2 Å². The summed E-state index contributed by atoms with van der Waals surface area (Å²) in [6, 6.07) is 22.2. The van der Waals surface area contributed by atoms with Crippen molar-refractivity contribution in [1.82, 2.24) is 0 Å². The highest BCUT2D eigenvalue weighted by atomic mass is 28.4. The van der Waals surface area contributed by atoms with Gasteiger partial charge in [-0.2, -0.15) is 0 Å². The molecule has 29 heavy (non-hydrogen) atoms. The highest BCUT2D eigenvalue weighted by molar-refractivity contribution is 6.99. The Morgan fingerprint density at radius 2 is 1.48 bits per heavy atom. The lowest BCUT2D eigenvalue weighted by Gasteiger charge is -2.43. The molecule has 2 aromatic rings. The molecule has 2 N–H and O–H groups in total. The molecule has 158 valence electrons. The van der Waals surface area contributed by atoms with Crippen LogP contribution in [0, 0.1) is 17.8 Å². The average Bonchev–Trinajstić information content (AvgIpc) is 3.45. The smallest absolute Gasteiger partial charge is 0.261 e. The number of hydrogen-bond acceptors (Lipinski definition) is 2. The molecule has 1 aliphatic carbocycles. The lowest BCUT2D eigenvalue weighted by Crippen LogP contribution is -2.66. The van der Waals surface area contributed by atoms with Crippen LogP contribution in [0.2, 0.25) is 5.04 Å². The molecule has 0 aliphatic heterocycles. The summed E-state index contributed by atoms with van der Waals surface area (Å²) in [5, 5.41) is 2.78. The molecule has 3 heteroatoms. The summed E-state index contributed by atoms with van der Waals surface area (Å²) < 4.78 is 7.02. The van der Waals surface area contributed by atoms with Gasteiger partial charge in [0, 0.05) is 12.6 Å². The Balaban J connectivity index is 1.79. The van der Waals surface area contributed by atoms with Gasteiger partial charge in [-0.25, -0.2) is 0 Å². The quantitative estimate of drug-likeness (QED) is 0.594. The average molecular weight is 410 g/mol. The van der Waals surface area contributed by atoms with Crippen LogP contribution in [0.25, 0.3) is 0 Å². The van der Waals surface area contributed by atoms with Crippen LogP contribution in [0.4, 0.5) is 0 Å². The molecule has 2 unspecified atom stereocenters. The molecule has 2 nitrogen and oxygen atoms in total. The van der Waals surface area contributed by atoms with E-state index in [4.69, 9.17) is 10.2 Å². The van der Waals surface area contributed by atoms with E-state index in [2.05, 4.69) is 95.3 Å². The second-order valence-corrected chi connectivity index (χ2v) is 14.6. The minimum Gasteiger partial charge on any atom is -0.407 e. The maximum Gasteiger partial charge on any atom is 0.261 e. The van der Waals surface area contributed by atoms with Gasteiger partial charge >= 0.3 is 0 Å². The Hall–Kier alpha value is -1.42. The first kappa shape index (κ1) is 22.3. The van der Waals surface area contributed by atoms with E-state index in [-0.39, 0.29) is 5.04 Å². The minimum absolute atomic E-state index is 0.0483. The van der Waals surface area contributed by atoms with Crippen molar-refractivity contribution in [2.24, 2.45) is 23.5 Å². The van der Waals surface area contributed by atoms with E-state index < -0.39 is 8.32 Å². The van der Waals surface area contributed by atoms with Gasteiger partial charge in [-0.1, -0.05) is 95.3 Å². The van der Waals surface area contributed by atoms with Crippen molar-refractivity contribution in [1.29, 1.82) is 0 Å². The molecule has 1 fully saturated rings. The van der Waals surface area contributed by atoms with Crippen LogP contribution in [0.15, 0.2) is 60.7 Å². The fourth-order valence-electron chi connectivity index (χ4n) is 4.97. The molecule has 2 aromatic carbocycles. The number of hydrogen-bond donors (Lipinski definition) is 1. The predicted octanol–water partition coefficient (Wildman–Crippen LogP) is 4.96. The van der Waals surface area contributed by atoms with Crippen molar-refractivity contribution >= 4 is 18.7 Å². The highest BCUT2D eigenvalue weighted by Gasteiger charge is 2.50. The molecule has 3 atom stereocenters. The van der Waals surface area contributed by atoms with Gasteiger partial charge in [0.1, 0.15) is 0 Å². The summed E-state index contributed by atoms with van der Waals surface area (Å²) in [4.78, 5) is 0. The van der Waals surface area contributed by atoms with E-state index in [1.165, 1.54) is 16.8 Å². The number of rotatable bonds is 9. The van der Waals surface area contributed by atoms with Crippen molar-refractivity contribution < 1.29 is 4.43 Å². The van der Waals surface area contributed by atoms with Crippen LogP contribution < -0.4 is 16.1 Å². The Bertz CT molecular complexity index is 714. The Morgan fingerprint density at radius 3 is 1.93 bits per heavy atom. The molecule has 0 amide bonds. The van der Waals surface area contributed by atoms with Gasteiger partial charge in [0.25, 0.3) is 8.32 Å². The van der Waals surface area contributed by atoms with Crippen molar-refractivity contribution in [3.8, 4) is 0 Å². The molecule has 0 saturated heterocycles. The van der Waals surface area contributed by atoms with Crippen LogP contribution in [0.1, 0.15) is 53.9 Å². The number of nitrogens with two attached hydrogens (primary N) is 1. The van der Waals surface area contributed by atoms with Gasteiger partial charge in [0.05, 0.1) is 0 Å². The first-order chi connectivity index (χ1) is 13.8. The monoisotopic (exact) mass is 409 g/mol. The van der Waals surface area contributed by atoms with Crippen molar-refractivity contribution in [2.75, 3.05) is 6.61 Å². The SMILES string of the molecule is CC(C)C[C@H](N)C1CC1CCO[Si](c1ccccc1)(c1ccccc1)C(C)(C)C. The Morgan fingerprint density at radius 1 is 0.966 bits per heavy atom. The van der Waals surface area contributed by atoms with Crippen LogP contribution >= 0.6 is 0 Å². The fourth-order valence-corrected chi connectivity index (χ4v) is 9.55. The standard InChI is InChI=1S/C26H39NOSi/c1-20(2)18-25(27)24-19-21(24)16-17-28-29(26(3,4)5,22-12-8-6-9-13-22)23-14-10-7-11-15-23/h6-15,20-21,24-25H,16-19,27H2,1-5H3/t21?,24?,25-/m0/s1. The summed E-state index contributed by atoms with van der Waals surface area (Å²) in [6.07, 6.45) is 3.54. The third-order valence-corrected chi connectivity index (χ3v) is 11.5. The van der Waals surface area contributed by atoms with E-state index in [0.717, 1.165) is 25.4 Å². The third-order valence-electron chi connectivity index (χ3n) is 6.49. The topological polar surface area (TPSA) is 35.2 Å². The zero-order valence-corrected chi connectivity index (χ0v) is 19.9. The van der Waals surface area contributed by atoms with Gasteiger partial charge in [-0.15, -0.1) is 0 Å². The maximum atomic E-state index is 7.02. The summed E-state index contributed by atoms with van der Waals surface area (Å²) in [6.45, 7) is 12.4. The highest BCUT2D eigenvalue weighted by Crippen LogP contribution is 2.45. The van der Waals surface area contributed by atoms with Crippen molar-refractivity contribution in [3.63, 3.8) is 0 Å². The fraction of sp³-hybridized carbons (Fsp3) is 0.538. The first-order valence-corrected chi connectivity index (χ1v) is 13.2. The van der Waals surface area contributed by atoms with Gasteiger partial charge in [0.2, 0.25) is 0 Å². The lowest BCUT2D eigenvalue weighted by molar-refractivity contribution is 0.278. The maximum absolute atomic E-state index is 7.02. The second kappa shape index (κ2) is 9.16. The normalized spacial score (nSPS) is 20.7. The molecule has 0 aromatic heterocycles. The molecule has 3 rings (SSSR count). The third kappa shape index (κ3) is 5.02. The van der Waals surface area contributed by atoms with Crippen LogP contribution in [-0.4, -0.2) is 21.0 Å². The molecular formula is C26H39NOSi. The summed E-state index contributed by atoms with van der Waals surface area (Å²) in [7, 11) is -2.40. The van der Waals surface area contributed by atoms with E-state index in [0.29, 0.717) is 17.9 Å². The molecule has 0 radical (unpaired) electrons. The van der Waals surface area contributed by atoms with E-state index in [9.17, 15) is 0 Å². The van der Waals surface area contributed by atoms with Gasteiger partial charge in [-0.05, 0) is 52.4 Å². The zero-order valence-electron chi connectivity index (χ0n) is 18.9. The molecule has 0 heterocycles. The summed E-state index contributed by atoms with van der Waals surface area (Å²) in [5.74, 6) is 2.11. The molecule has 0 bridgehead atoms. The van der Waals surface area contributed by atoms with Gasteiger partial charge in [-0.3, -0.25) is 0 Å². The predicted molar refractivity (Wildman–Crippen MR) is 127 cm³/mol. The Labute approximate surface area is 179 Å². The molecular weight excluding hydrogens is 370 g/mol. The molecule has 1 aliphatic rings. The summed E-state index contributed by atoms with van der Waals surface area (Å²) in [5.41, 5.74) is 6.45. The summed E-state index contributed by atoms with van der Waals surface area (Å²) >= 11 is 0. The minimum atomic E-state index is -2.40.